The Hall–Kier alpha value is -4.91. The topological polar surface area (TPSA) is 113 Å². The number of benzene rings is 4. The van der Waals surface area contributed by atoms with Crippen LogP contribution in [-0.2, 0) is 34.3 Å². The predicted octanol–water partition coefficient (Wildman–Crippen LogP) is 8.76. The molecule has 0 aliphatic carbocycles. The van der Waals surface area contributed by atoms with Gasteiger partial charge in [-0.05, 0) is 75.2 Å². The van der Waals surface area contributed by atoms with E-state index in [0.29, 0.717) is 30.2 Å². The van der Waals surface area contributed by atoms with Gasteiger partial charge in [-0.25, -0.2) is 18.9 Å². The molecular formula is C44H49FN2O8S. The summed E-state index contributed by atoms with van der Waals surface area (Å²) < 4.78 is 44.0. The van der Waals surface area contributed by atoms with E-state index in [1.807, 2.05) is 61.5 Å². The lowest BCUT2D eigenvalue weighted by molar-refractivity contribution is -0.295. The summed E-state index contributed by atoms with van der Waals surface area (Å²) in [6.07, 6.45) is -0.749. The van der Waals surface area contributed by atoms with Crippen molar-refractivity contribution >= 4 is 35.4 Å². The molecule has 6 rings (SSSR count). The molecule has 2 amide bonds. The van der Waals surface area contributed by atoms with Gasteiger partial charge in [-0.1, -0.05) is 86.1 Å². The number of ether oxygens (including phenoxy) is 5. The van der Waals surface area contributed by atoms with Crippen LogP contribution in [-0.4, -0.2) is 65.9 Å². The van der Waals surface area contributed by atoms with E-state index in [0.717, 1.165) is 16.7 Å². The predicted molar refractivity (Wildman–Crippen MR) is 213 cm³/mol. The van der Waals surface area contributed by atoms with E-state index in [1.165, 1.54) is 28.8 Å². The van der Waals surface area contributed by atoms with E-state index >= 15 is 4.79 Å². The molecule has 3 atom stereocenters. The van der Waals surface area contributed by atoms with E-state index in [4.69, 9.17) is 23.7 Å². The maximum Gasteiger partial charge on any atom is 0.417 e. The molecule has 2 saturated heterocycles. The minimum Gasteiger partial charge on any atom is -0.482 e. The molecule has 2 aliphatic heterocycles. The average Bonchev–Trinajstić information content (AvgIpc) is 3.56. The minimum atomic E-state index is -1.21. The number of imide groups is 1. The largest absolute Gasteiger partial charge is 0.482 e. The van der Waals surface area contributed by atoms with Crippen molar-refractivity contribution in [2.45, 2.75) is 70.3 Å². The van der Waals surface area contributed by atoms with Crippen molar-refractivity contribution in [2.24, 2.45) is 5.41 Å². The van der Waals surface area contributed by atoms with Crippen molar-refractivity contribution in [3.05, 3.63) is 131 Å². The first-order chi connectivity index (χ1) is 26.6. The number of carbonyl (C=O) groups excluding carboxylic acids is 3. The number of rotatable bonds is 13. The smallest absolute Gasteiger partial charge is 0.417 e. The van der Waals surface area contributed by atoms with Crippen molar-refractivity contribution in [1.29, 1.82) is 0 Å². The van der Waals surface area contributed by atoms with Gasteiger partial charge in [0.15, 0.2) is 6.61 Å². The molecule has 1 N–H and O–H groups in total. The van der Waals surface area contributed by atoms with Crippen LogP contribution in [0.25, 0.3) is 0 Å². The number of thioether (sulfide) groups is 1. The van der Waals surface area contributed by atoms with Crippen LogP contribution >= 0.6 is 11.8 Å². The molecular weight excluding hydrogens is 736 g/mol. The first kappa shape index (κ1) is 40.7. The van der Waals surface area contributed by atoms with Crippen LogP contribution in [0.1, 0.15) is 69.0 Å². The van der Waals surface area contributed by atoms with Crippen LogP contribution in [0.5, 0.6) is 5.75 Å². The molecule has 0 unspecified atom stereocenters. The number of hydrogen-bond donors (Lipinski definition) is 1. The van der Waals surface area contributed by atoms with Crippen LogP contribution in [0.3, 0.4) is 0 Å². The molecule has 296 valence electrons. The van der Waals surface area contributed by atoms with Crippen LogP contribution in [0.2, 0.25) is 0 Å². The Bertz CT molecular complexity index is 1960. The standard InChI is InChI=1S/C44H49FN2O8S/c1-29-12-16-32(17-13-29)44(53-26-43(5,6)27-54-44)28-56-39(40(49)47-36(24-52-41(47)50)30-10-8-7-9-11-30)38(46-34-20-18-33(45)19-21-34)31-14-22-35(23-15-31)51-25-37(48)55-42(2,3)4/h7-23,36,38-39,46H,24-28H2,1-6H3/t36-,38+,39-/m1/s1. The number of hydrogen-bond acceptors (Lipinski definition) is 10. The van der Waals surface area contributed by atoms with Gasteiger partial charge in [0.1, 0.15) is 35.1 Å². The SMILES string of the molecule is Cc1ccc(C2(CS[C@@H](C(=O)N3C(=O)OC[C@@H]3c3ccccc3)[C@@H](Nc3ccc(F)cc3)c3ccc(OCC(=O)OC(C)(C)C)cc3)OCC(C)(C)CO2)cc1. The summed E-state index contributed by atoms with van der Waals surface area (Å²) in [6.45, 7) is 12.0. The molecule has 0 bridgehead atoms. The Morgan fingerprint density at radius 3 is 2.20 bits per heavy atom. The molecule has 2 heterocycles. The Morgan fingerprint density at radius 1 is 0.929 bits per heavy atom. The monoisotopic (exact) mass is 784 g/mol. The van der Waals surface area contributed by atoms with E-state index in [1.54, 1.807) is 57.2 Å². The van der Waals surface area contributed by atoms with Crippen molar-refractivity contribution < 1.29 is 42.5 Å². The summed E-state index contributed by atoms with van der Waals surface area (Å²) in [4.78, 5) is 42.2. The van der Waals surface area contributed by atoms with Gasteiger partial charge in [0.25, 0.3) is 0 Å². The third-order valence-corrected chi connectivity index (χ3v) is 10.7. The molecule has 0 radical (unpaired) electrons. The normalized spacial score (nSPS) is 18.7. The zero-order chi connectivity index (χ0) is 40.1. The van der Waals surface area contributed by atoms with Gasteiger partial charge in [-0.15, -0.1) is 11.8 Å². The minimum absolute atomic E-state index is 0.000321. The number of cyclic esters (lactones) is 1. The summed E-state index contributed by atoms with van der Waals surface area (Å²) in [5.74, 6) is -2.04. The fraction of sp³-hybridized carbons (Fsp3) is 0.386. The quantitative estimate of drug-likeness (QED) is 0.132. The van der Waals surface area contributed by atoms with Crippen LogP contribution in [0.4, 0.5) is 14.9 Å². The highest BCUT2D eigenvalue weighted by Gasteiger charge is 2.48. The Labute approximate surface area is 332 Å². The number of nitrogens with zero attached hydrogens (tertiary/aromatic N) is 1. The van der Waals surface area contributed by atoms with E-state index < -0.39 is 52.5 Å². The Morgan fingerprint density at radius 2 is 1.57 bits per heavy atom. The lowest BCUT2D eigenvalue weighted by atomic mass is 9.93. The van der Waals surface area contributed by atoms with Crippen LogP contribution in [0, 0.1) is 18.2 Å². The van der Waals surface area contributed by atoms with Gasteiger partial charge < -0.3 is 29.0 Å². The molecule has 4 aromatic rings. The fourth-order valence-electron chi connectivity index (χ4n) is 6.42. The van der Waals surface area contributed by atoms with E-state index in [2.05, 4.69) is 19.2 Å². The first-order valence-corrected chi connectivity index (χ1v) is 19.6. The first-order valence-electron chi connectivity index (χ1n) is 18.6. The fourth-order valence-corrected chi connectivity index (χ4v) is 7.83. The van der Waals surface area contributed by atoms with Crippen molar-refractivity contribution in [3.63, 3.8) is 0 Å². The molecule has 0 spiro atoms. The maximum atomic E-state index is 15.2. The second-order valence-electron chi connectivity index (χ2n) is 15.9. The maximum absolute atomic E-state index is 15.2. The average molecular weight is 785 g/mol. The second-order valence-corrected chi connectivity index (χ2v) is 17.0. The summed E-state index contributed by atoms with van der Waals surface area (Å²) in [6, 6.07) is 28.6. The number of nitrogens with one attached hydrogen (secondary N) is 1. The Kier molecular flexibility index (Phi) is 12.4. The van der Waals surface area contributed by atoms with Crippen LogP contribution in [0.15, 0.2) is 103 Å². The van der Waals surface area contributed by atoms with Crippen LogP contribution < -0.4 is 10.1 Å². The molecule has 12 heteroatoms. The van der Waals surface area contributed by atoms with Gasteiger partial charge in [-0.2, -0.15) is 0 Å². The van der Waals surface area contributed by atoms with Crippen molar-refractivity contribution in [1.82, 2.24) is 4.90 Å². The lowest BCUT2D eigenvalue weighted by Crippen LogP contribution is -2.49. The van der Waals surface area contributed by atoms with Gasteiger partial charge in [0, 0.05) is 16.7 Å². The van der Waals surface area contributed by atoms with Crippen molar-refractivity contribution in [2.75, 3.05) is 37.5 Å². The highest BCUT2D eigenvalue weighted by atomic mass is 32.2. The zero-order valence-corrected chi connectivity index (χ0v) is 33.4. The van der Waals surface area contributed by atoms with E-state index in [9.17, 15) is 14.0 Å². The number of anilines is 1. The highest BCUT2D eigenvalue weighted by molar-refractivity contribution is 8.00. The number of halogens is 1. The summed E-state index contributed by atoms with van der Waals surface area (Å²) in [7, 11) is 0. The van der Waals surface area contributed by atoms with Gasteiger partial charge in [0.2, 0.25) is 11.7 Å². The zero-order valence-electron chi connectivity index (χ0n) is 32.6. The van der Waals surface area contributed by atoms with Gasteiger partial charge in [0.05, 0.1) is 25.0 Å². The third-order valence-electron chi connectivity index (χ3n) is 9.36. The molecule has 2 fully saturated rings. The van der Waals surface area contributed by atoms with E-state index in [-0.39, 0.29) is 24.4 Å². The molecule has 10 nitrogen and oxygen atoms in total. The molecule has 4 aromatic carbocycles. The molecule has 56 heavy (non-hydrogen) atoms. The summed E-state index contributed by atoms with van der Waals surface area (Å²) in [5.41, 5.74) is 2.93. The number of esters is 1. The molecule has 0 saturated carbocycles. The van der Waals surface area contributed by atoms with Gasteiger partial charge >= 0.3 is 12.1 Å². The summed E-state index contributed by atoms with van der Waals surface area (Å²) >= 11 is 1.29. The second kappa shape index (κ2) is 17.1. The van der Waals surface area contributed by atoms with Crippen molar-refractivity contribution in [3.8, 4) is 5.75 Å². The molecule has 0 aromatic heterocycles. The summed E-state index contributed by atoms with van der Waals surface area (Å²) in [5, 5.41) is 2.48. The number of carbonyl (C=O) groups is 3. The number of amides is 2. The molecule has 2 aliphatic rings. The lowest BCUT2D eigenvalue weighted by Gasteiger charge is -2.44. The number of aryl methyl sites for hydroxylation is 1. The van der Waals surface area contributed by atoms with Gasteiger partial charge in [-0.3, -0.25) is 4.79 Å². The Balaban J connectivity index is 1.39. The third kappa shape index (κ3) is 10.1. The highest BCUT2D eigenvalue weighted by Crippen LogP contribution is 2.43.